The van der Waals surface area contributed by atoms with Gasteiger partial charge in [-0.1, -0.05) is 108 Å². The molecule has 0 saturated carbocycles. The van der Waals surface area contributed by atoms with E-state index in [1.165, 1.54) is 37.9 Å². The number of amides is 6. The van der Waals surface area contributed by atoms with E-state index in [9.17, 15) is 29.2 Å². The fraction of sp³-hybridized carbons (Fsp3) is 0.585. The third-order valence-corrected chi connectivity index (χ3v) is 13.5. The lowest BCUT2D eigenvalue weighted by Gasteiger charge is -2.35. The van der Waals surface area contributed by atoms with Gasteiger partial charge >= 0.3 is 5.97 Å². The first-order chi connectivity index (χ1) is 33.1. The predicted molar refractivity (Wildman–Crippen MR) is 273 cm³/mol. The van der Waals surface area contributed by atoms with Crippen molar-refractivity contribution in [3.8, 4) is 6.07 Å². The molecule has 4 rings (SSSR count). The van der Waals surface area contributed by atoms with E-state index in [0.717, 1.165) is 31.4 Å². The summed E-state index contributed by atoms with van der Waals surface area (Å²) >= 11 is 3.51. The van der Waals surface area contributed by atoms with Crippen LogP contribution in [0.2, 0.25) is 0 Å². The molecule has 3 aromatic rings. The molecule has 0 aliphatic carbocycles. The summed E-state index contributed by atoms with van der Waals surface area (Å²) in [6.07, 6.45) is 2.19. The lowest BCUT2D eigenvalue weighted by molar-refractivity contribution is -0.163. The maximum absolute atomic E-state index is 15.1. The number of nitrogens with one attached hydrogen (secondary N) is 3. The van der Waals surface area contributed by atoms with Crippen molar-refractivity contribution in [3.05, 3.63) is 70.3 Å². The highest BCUT2D eigenvalue weighted by molar-refractivity contribution is 9.10. The van der Waals surface area contributed by atoms with Crippen molar-refractivity contribution in [2.45, 2.75) is 162 Å². The van der Waals surface area contributed by atoms with Crippen LogP contribution in [-0.4, -0.2) is 124 Å². The van der Waals surface area contributed by atoms with Gasteiger partial charge in [0.1, 0.15) is 36.3 Å². The van der Waals surface area contributed by atoms with Crippen LogP contribution in [0.3, 0.4) is 0 Å². The van der Waals surface area contributed by atoms with Gasteiger partial charge in [0.25, 0.3) is 5.91 Å². The number of rotatable bonds is 15. The topological polar surface area (TPSA) is 203 Å². The summed E-state index contributed by atoms with van der Waals surface area (Å²) in [5.41, 5.74) is 2.73. The predicted octanol–water partition coefficient (Wildman–Crippen LogP) is 6.51. The number of para-hydroxylation sites is 1. The van der Waals surface area contributed by atoms with E-state index >= 15 is 9.59 Å². The van der Waals surface area contributed by atoms with E-state index in [2.05, 4.69) is 36.4 Å². The van der Waals surface area contributed by atoms with E-state index in [1.807, 2.05) is 109 Å². The van der Waals surface area contributed by atoms with E-state index < -0.39 is 83.8 Å². The third-order valence-electron chi connectivity index (χ3n) is 12.9. The number of benzene rings is 2. The Morgan fingerprint density at radius 2 is 1.21 bits per heavy atom. The highest BCUT2D eigenvalue weighted by Crippen LogP contribution is 2.27. The molecule has 6 amide bonds. The summed E-state index contributed by atoms with van der Waals surface area (Å²) in [5, 5.41) is 19.1. The molecule has 1 aliphatic rings. The van der Waals surface area contributed by atoms with Gasteiger partial charge in [0, 0.05) is 68.5 Å². The van der Waals surface area contributed by atoms with Crippen LogP contribution < -0.4 is 16.0 Å². The number of cyclic esters (lactones) is 1. The molecule has 382 valence electrons. The van der Waals surface area contributed by atoms with Gasteiger partial charge < -0.3 is 40.0 Å². The monoisotopic (exact) mass is 1030 g/mol. The van der Waals surface area contributed by atoms with Crippen LogP contribution in [0, 0.1) is 29.1 Å². The first-order valence-electron chi connectivity index (χ1n) is 24.7. The van der Waals surface area contributed by atoms with Crippen LogP contribution in [0.15, 0.2) is 59.2 Å². The van der Waals surface area contributed by atoms with Crippen molar-refractivity contribution >= 4 is 68.2 Å². The Balaban J connectivity index is 1.91. The van der Waals surface area contributed by atoms with Crippen LogP contribution in [0.4, 0.5) is 0 Å². The van der Waals surface area contributed by atoms with Crippen molar-refractivity contribution in [1.82, 2.24) is 35.2 Å². The van der Waals surface area contributed by atoms with E-state index in [1.54, 1.807) is 0 Å². The summed E-state index contributed by atoms with van der Waals surface area (Å²) in [6.45, 7) is 15.4. The molecule has 16 nitrogen and oxygen atoms in total. The number of esters is 1. The number of hydrogen-bond donors (Lipinski definition) is 3. The summed E-state index contributed by atoms with van der Waals surface area (Å²) in [4.78, 5) is 106. The van der Waals surface area contributed by atoms with E-state index in [4.69, 9.17) is 4.74 Å². The first-order valence-corrected chi connectivity index (χ1v) is 25.5. The van der Waals surface area contributed by atoms with Gasteiger partial charge in [-0.3, -0.25) is 28.8 Å². The molecule has 1 aliphatic heterocycles. The maximum atomic E-state index is 15.1. The average Bonchev–Trinajstić information content (AvgIpc) is 3.66. The molecule has 0 bridgehead atoms. The normalized spacial score (nSPS) is 23.1. The molecule has 0 spiro atoms. The maximum Gasteiger partial charge on any atom is 0.329 e. The zero-order valence-electron chi connectivity index (χ0n) is 42.9. The van der Waals surface area contributed by atoms with Crippen LogP contribution >= 0.6 is 15.9 Å². The number of fused-ring (bicyclic) bond motifs is 1. The SMILES string of the molecule is CCCCC1NC(=O)[C@@H](CCC#N)OC(=O)[C@H](C)N(C)C(=O)[C@H](CC(C)C)NC(=O)[C@H](Cc2cn(Cc3ccc(Br)cc3)c3ccccc23)N(C)C(=O)[C@H](CC(C)C)NC(=O)[C@H](CC(C)C)N(C)C1=O. The Labute approximate surface area is 422 Å². The highest BCUT2D eigenvalue weighted by Gasteiger charge is 2.40. The molecule has 70 heavy (non-hydrogen) atoms. The van der Waals surface area contributed by atoms with Crippen LogP contribution in [0.5, 0.6) is 0 Å². The van der Waals surface area contributed by atoms with Crippen LogP contribution in [-0.2, 0) is 51.3 Å². The molecule has 0 radical (unpaired) electrons. The molecule has 1 aromatic heterocycles. The van der Waals surface area contributed by atoms with Gasteiger partial charge in [0.15, 0.2) is 6.10 Å². The number of carbonyl (C=O) groups excluding carboxylic acids is 7. The lowest BCUT2D eigenvalue weighted by Crippen LogP contribution is -2.60. The number of ether oxygens (including phenoxy) is 1. The summed E-state index contributed by atoms with van der Waals surface area (Å²) in [5.74, 6) is -4.95. The minimum absolute atomic E-state index is 0.0307. The molecule has 1 fully saturated rings. The number of nitrogens with zero attached hydrogens (tertiary/aromatic N) is 5. The van der Waals surface area contributed by atoms with Crippen molar-refractivity contribution in [2.24, 2.45) is 17.8 Å². The number of carbonyl (C=O) groups is 7. The molecule has 17 heteroatoms. The smallest absolute Gasteiger partial charge is 0.329 e. The molecule has 3 N–H and O–H groups in total. The number of hydrogen-bond acceptors (Lipinski definition) is 9. The highest BCUT2D eigenvalue weighted by atomic mass is 79.9. The Morgan fingerprint density at radius 3 is 1.79 bits per heavy atom. The van der Waals surface area contributed by atoms with Crippen molar-refractivity contribution < 1.29 is 38.3 Å². The van der Waals surface area contributed by atoms with Crippen molar-refractivity contribution in [2.75, 3.05) is 21.1 Å². The quantitative estimate of drug-likeness (QED) is 0.142. The van der Waals surface area contributed by atoms with Gasteiger partial charge in [-0.15, -0.1) is 0 Å². The Kier molecular flexibility index (Phi) is 21.5. The zero-order valence-corrected chi connectivity index (χ0v) is 44.5. The van der Waals surface area contributed by atoms with Gasteiger partial charge in [-0.25, -0.2) is 4.79 Å². The number of likely N-dealkylation sites (N-methyl/N-ethyl adjacent to an activating group) is 3. The number of unbranched alkanes of at least 4 members (excludes halogenated alkanes) is 1. The fourth-order valence-corrected chi connectivity index (χ4v) is 9.09. The van der Waals surface area contributed by atoms with Crippen molar-refractivity contribution in [3.63, 3.8) is 0 Å². The number of halogens is 1. The summed E-state index contributed by atoms with van der Waals surface area (Å²) in [7, 11) is 4.42. The van der Waals surface area contributed by atoms with Crippen LogP contribution in [0.1, 0.15) is 118 Å². The standard InChI is InChI=1S/C53H75BrN8O8/c1-12-13-18-40-50(66)60(10)44(28-34(6)7)47(63)58-42(27-33(4)5)52(68)61(11)45(29-37-31-62(43-19-15-14-17-39(37)43)30-36-21-23-38(54)24-22-36)48(64)57-41(26-32(2)3)51(67)59(9)35(8)53(69)70-46(20-16-25-55)49(65)56-40/h14-15,17,19,21-24,31-35,40-42,44-46H,12-13,16,18,20,26-30H2,1-11H3,(H,56,65)(H,57,64)(H,58,63)/t35-,40?,41-,42-,44-,45-,46+/m0/s1. The molecular formula is C53H75BrN8O8. The van der Waals surface area contributed by atoms with Gasteiger partial charge in [0.05, 0.1) is 6.07 Å². The van der Waals surface area contributed by atoms with Crippen LogP contribution in [0.25, 0.3) is 10.9 Å². The number of nitriles is 1. The molecular weight excluding hydrogens is 957 g/mol. The second-order valence-electron chi connectivity index (χ2n) is 20.0. The Morgan fingerprint density at radius 1 is 0.686 bits per heavy atom. The van der Waals surface area contributed by atoms with Gasteiger partial charge in [0.2, 0.25) is 29.5 Å². The Hall–Kier alpha value is -5.76. The minimum Gasteiger partial charge on any atom is -0.451 e. The second-order valence-corrected chi connectivity index (χ2v) is 20.9. The zero-order chi connectivity index (χ0) is 52.0. The molecule has 7 atom stereocenters. The van der Waals surface area contributed by atoms with E-state index in [-0.39, 0.29) is 62.7 Å². The second kappa shape index (κ2) is 26.4. The summed E-state index contributed by atoms with van der Waals surface area (Å²) in [6, 6.07) is 10.8. The molecule has 2 aromatic carbocycles. The van der Waals surface area contributed by atoms with Gasteiger partial charge in [-0.2, -0.15) is 5.26 Å². The van der Waals surface area contributed by atoms with E-state index in [0.29, 0.717) is 19.4 Å². The van der Waals surface area contributed by atoms with Gasteiger partial charge in [-0.05, 0) is 79.7 Å². The van der Waals surface area contributed by atoms with Crippen molar-refractivity contribution in [1.29, 1.82) is 5.26 Å². The number of aromatic nitrogens is 1. The largest absolute Gasteiger partial charge is 0.451 e. The summed E-state index contributed by atoms with van der Waals surface area (Å²) < 4.78 is 8.79. The third kappa shape index (κ3) is 15.4. The first kappa shape index (κ1) is 56.8. The lowest BCUT2D eigenvalue weighted by atomic mass is 9.97. The minimum atomic E-state index is -1.49. The molecule has 1 unspecified atom stereocenters. The average molecular weight is 1030 g/mol. The fourth-order valence-electron chi connectivity index (χ4n) is 8.83. The molecule has 2 heterocycles. The Bertz CT molecular complexity index is 2340. The molecule has 1 saturated heterocycles.